The summed E-state index contributed by atoms with van der Waals surface area (Å²) < 4.78 is 10.6. The molecule has 0 heterocycles. The van der Waals surface area contributed by atoms with Crippen LogP contribution in [0.1, 0.15) is 24.8 Å². The van der Waals surface area contributed by atoms with Crippen molar-refractivity contribution in [3.05, 3.63) is 54.1 Å². The summed E-state index contributed by atoms with van der Waals surface area (Å²) in [6.07, 6.45) is 2.70. The fourth-order valence-electron chi connectivity index (χ4n) is 2.21. The molecule has 0 aliphatic heterocycles. The van der Waals surface area contributed by atoms with Crippen molar-refractivity contribution in [2.24, 2.45) is 0 Å². The molecule has 0 fully saturated rings. The Bertz CT molecular complexity index is 605. The van der Waals surface area contributed by atoms with Crippen molar-refractivity contribution in [3.63, 3.8) is 0 Å². The molecule has 4 heteroatoms. The monoisotopic (exact) mass is 316 g/mol. The third-order valence-corrected chi connectivity index (χ3v) is 4.23. The van der Waals surface area contributed by atoms with Crippen molar-refractivity contribution >= 4 is 17.7 Å². The van der Waals surface area contributed by atoms with Crippen molar-refractivity contribution < 1.29 is 14.3 Å². The SMILES string of the molecule is CCC(C(=O)Oc1ccc(SC)cc1)c1ccc(OC)cc1. The topological polar surface area (TPSA) is 35.5 Å². The summed E-state index contributed by atoms with van der Waals surface area (Å²) in [5, 5.41) is 0. The maximum Gasteiger partial charge on any atom is 0.318 e. The van der Waals surface area contributed by atoms with Crippen LogP contribution >= 0.6 is 11.8 Å². The Morgan fingerprint density at radius 2 is 1.64 bits per heavy atom. The molecule has 2 rings (SSSR count). The van der Waals surface area contributed by atoms with Gasteiger partial charge >= 0.3 is 5.97 Å². The van der Waals surface area contributed by atoms with Gasteiger partial charge < -0.3 is 9.47 Å². The molecule has 0 amide bonds. The number of carbonyl (C=O) groups excluding carboxylic acids is 1. The minimum absolute atomic E-state index is 0.232. The highest BCUT2D eigenvalue weighted by Crippen LogP contribution is 2.25. The number of methoxy groups -OCH3 is 1. The van der Waals surface area contributed by atoms with E-state index in [0.717, 1.165) is 16.2 Å². The summed E-state index contributed by atoms with van der Waals surface area (Å²) in [6.45, 7) is 1.98. The van der Waals surface area contributed by atoms with Gasteiger partial charge in [-0.2, -0.15) is 0 Å². The average Bonchev–Trinajstić information content (AvgIpc) is 2.57. The molecular formula is C18H20O3S. The first-order valence-corrected chi connectivity index (χ1v) is 8.40. The van der Waals surface area contributed by atoms with Crippen LogP contribution in [0, 0.1) is 0 Å². The Hall–Kier alpha value is -1.94. The number of rotatable bonds is 6. The summed E-state index contributed by atoms with van der Waals surface area (Å²) >= 11 is 1.66. The van der Waals surface area contributed by atoms with Crippen molar-refractivity contribution in [2.75, 3.05) is 13.4 Å². The summed E-state index contributed by atoms with van der Waals surface area (Å²) in [4.78, 5) is 13.5. The Labute approximate surface area is 135 Å². The van der Waals surface area contributed by atoms with Gasteiger partial charge in [-0.15, -0.1) is 11.8 Å². The highest BCUT2D eigenvalue weighted by atomic mass is 32.2. The van der Waals surface area contributed by atoms with Gasteiger partial charge in [-0.3, -0.25) is 4.79 Å². The highest BCUT2D eigenvalue weighted by molar-refractivity contribution is 7.98. The standard InChI is InChI=1S/C18H20O3S/c1-4-17(13-5-7-14(20-2)8-6-13)18(19)21-15-9-11-16(22-3)12-10-15/h5-12,17H,4H2,1-3H3. The van der Waals surface area contributed by atoms with Crippen LogP contribution in [0.2, 0.25) is 0 Å². The molecule has 0 radical (unpaired) electrons. The van der Waals surface area contributed by atoms with E-state index in [0.29, 0.717) is 12.2 Å². The lowest BCUT2D eigenvalue weighted by Crippen LogP contribution is -2.18. The Morgan fingerprint density at radius 1 is 1.05 bits per heavy atom. The summed E-state index contributed by atoms with van der Waals surface area (Å²) in [6, 6.07) is 15.1. The second-order valence-electron chi connectivity index (χ2n) is 4.83. The predicted molar refractivity (Wildman–Crippen MR) is 89.9 cm³/mol. The molecule has 2 aromatic carbocycles. The molecule has 0 aliphatic carbocycles. The lowest BCUT2D eigenvalue weighted by Gasteiger charge is -2.15. The maximum atomic E-state index is 12.4. The molecular weight excluding hydrogens is 296 g/mol. The van der Waals surface area contributed by atoms with Crippen molar-refractivity contribution in [2.45, 2.75) is 24.2 Å². The molecule has 2 aromatic rings. The van der Waals surface area contributed by atoms with Crippen LogP contribution in [0.5, 0.6) is 11.5 Å². The zero-order valence-electron chi connectivity index (χ0n) is 13.0. The van der Waals surface area contributed by atoms with Gasteiger partial charge in [0.15, 0.2) is 0 Å². The number of esters is 1. The summed E-state index contributed by atoms with van der Waals surface area (Å²) in [5.74, 6) is 0.852. The van der Waals surface area contributed by atoms with E-state index in [2.05, 4.69) is 0 Å². The quantitative estimate of drug-likeness (QED) is 0.446. The third kappa shape index (κ3) is 4.04. The minimum Gasteiger partial charge on any atom is -0.497 e. The van der Waals surface area contributed by atoms with E-state index < -0.39 is 0 Å². The smallest absolute Gasteiger partial charge is 0.318 e. The van der Waals surface area contributed by atoms with E-state index in [4.69, 9.17) is 9.47 Å². The molecule has 0 saturated heterocycles. The predicted octanol–water partition coefficient (Wildman–Crippen LogP) is 4.52. The minimum atomic E-state index is -0.272. The van der Waals surface area contributed by atoms with E-state index in [1.807, 2.05) is 61.7 Å². The zero-order chi connectivity index (χ0) is 15.9. The van der Waals surface area contributed by atoms with Gasteiger partial charge in [0, 0.05) is 4.90 Å². The number of thioether (sulfide) groups is 1. The number of benzene rings is 2. The fraction of sp³-hybridized carbons (Fsp3) is 0.278. The second-order valence-corrected chi connectivity index (χ2v) is 5.71. The molecule has 116 valence electrons. The van der Waals surface area contributed by atoms with Gasteiger partial charge in [0.2, 0.25) is 0 Å². The van der Waals surface area contributed by atoms with Crippen molar-refractivity contribution in [3.8, 4) is 11.5 Å². The number of carbonyl (C=O) groups is 1. The lowest BCUT2D eigenvalue weighted by molar-refractivity contribution is -0.136. The molecule has 0 saturated carbocycles. The van der Waals surface area contributed by atoms with E-state index in [1.54, 1.807) is 18.9 Å². The van der Waals surface area contributed by atoms with Crippen LogP contribution in [0.25, 0.3) is 0 Å². The Morgan fingerprint density at radius 3 is 2.14 bits per heavy atom. The average molecular weight is 316 g/mol. The van der Waals surface area contributed by atoms with Crippen molar-refractivity contribution in [1.82, 2.24) is 0 Å². The Balaban J connectivity index is 2.10. The molecule has 22 heavy (non-hydrogen) atoms. The summed E-state index contributed by atoms with van der Waals surface area (Å²) in [7, 11) is 1.62. The summed E-state index contributed by atoms with van der Waals surface area (Å²) in [5.41, 5.74) is 0.939. The van der Waals surface area contributed by atoms with Crippen LogP contribution in [0.15, 0.2) is 53.4 Å². The van der Waals surface area contributed by atoms with Crippen LogP contribution in [0.3, 0.4) is 0 Å². The van der Waals surface area contributed by atoms with Crippen molar-refractivity contribution in [1.29, 1.82) is 0 Å². The van der Waals surface area contributed by atoms with Gasteiger partial charge in [-0.25, -0.2) is 0 Å². The number of hydrogen-bond acceptors (Lipinski definition) is 4. The molecule has 1 atom stereocenters. The van der Waals surface area contributed by atoms with Gasteiger partial charge in [0.1, 0.15) is 11.5 Å². The third-order valence-electron chi connectivity index (χ3n) is 3.49. The van der Waals surface area contributed by atoms with E-state index in [9.17, 15) is 4.79 Å². The normalized spacial score (nSPS) is 11.8. The van der Waals surface area contributed by atoms with Gasteiger partial charge in [0.25, 0.3) is 0 Å². The molecule has 0 N–H and O–H groups in total. The fourth-order valence-corrected chi connectivity index (χ4v) is 2.61. The van der Waals surface area contributed by atoms with Crippen LogP contribution in [0.4, 0.5) is 0 Å². The van der Waals surface area contributed by atoms with Gasteiger partial charge in [-0.05, 0) is 54.6 Å². The first kappa shape index (κ1) is 16.4. The van der Waals surface area contributed by atoms with E-state index in [1.165, 1.54) is 0 Å². The molecule has 0 spiro atoms. The molecule has 0 aromatic heterocycles. The van der Waals surface area contributed by atoms with Crippen LogP contribution in [-0.2, 0) is 4.79 Å². The van der Waals surface area contributed by atoms with E-state index >= 15 is 0 Å². The lowest BCUT2D eigenvalue weighted by atomic mass is 9.96. The molecule has 3 nitrogen and oxygen atoms in total. The highest BCUT2D eigenvalue weighted by Gasteiger charge is 2.21. The molecule has 1 unspecified atom stereocenters. The largest absolute Gasteiger partial charge is 0.497 e. The number of hydrogen-bond donors (Lipinski definition) is 0. The van der Waals surface area contributed by atoms with Crippen LogP contribution < -0.4 is 9.47 Å². The van der Waals surface area contributed by atoms with Gasteiger partial charge in [0.05, 0.1) is 13.0 Å². The zero-order valence-corrected chi connectivity index (χ0v) is 13.9. The van der Waals surface area contributed by atoms with Gasteiger partial charge in [-0.1, -0.05) is 19.1 Å². The Kier molecular flexibility index (Phi) is 5.90. The first-order chi connectivity index (χ1) is 10.7. The first-order valence-electron chi connectivity index (χ1n) is 7.17. The van der Waals surface area contributed by atoms with Crippen LogP contribution in [-0.4, -0.2) is 19.3 Å². The molecule has 0 bridgehead atoms. The second kappa shape index (κ2) is 7.90. The number of ether oxygens (including phenoxy) is 2. The molecule has 0 aliphatic rings. The maximum absolute atomic E-state index is 12.4. The van der Waals surface area contributed by atoms with E-state index in [-0.39, 0.29) is 11.9 Å².